The van der Waals surface area contributed by atoms with Gasteiger partial charge in [-0.15, -0.1) is 0 Å². The lowest BCUT2D eigenvalue weighted by molar-refractivity contribution is -0.153. The third-order valence-electron chi connectivity index (χ3n) is 6.62. The van der Waals surface area contributed by atoms with Gasteiger partial charge in [0.2, 0.25) is 0 Å². The number of likely N-dealkylation sites (tertiary alicyclic amines) is 1. The van der Waals surface area contributed by atoms with Crippen LogP contribution >= 0.6 is 22.9 Å². The summed E-state index contributed by atoms with van der Waals surface area (Å²) in [6.45, 7) is 1.95. The summed E-state index contributed by atoms with van der Waals surface area (Å²) in [6, 6.07) is 7.41. The van der Waals surface area contributed by atoms with Crippen molar-refractivity contribution in [2.24, 2.45) is 5.41 Å². The average molecular weight is 499 g/mol. The van der Waals surface area contributed by atoms with Crippen LogP contribution in [0.2, 0.25) is 5.02 Å². The first-order chi connectivity index (χ1) is 16.4. The molecule has 0 radical (unpaired) electrons. The van der Waals surface area contributed by atoms with Crippen LogP contribution in [-0.2, 0) is 4.79 Å². The molecule has 178 valence electrons. The summed E-state index contributed by atoms with van der Waals surface area (Å²) in [5.41, 5.74) is 1.40. The van der Waals surface area contributed by atoms with Crippen molar-refractivity contribution >= 4 is 39.8 Å². The van der Waals surface area contributed by atoms with Crippen LogP contribution in [-0.4, -0.2) is 52.8 Å². The number of thiophene rings is 1. The van der Waals surface area contributed by atoms with Gasteiger partial charge in [0.15, 0.2) is 0 Å². The van der Waals surface area contributed by atoms with Crippen LogP contribution < -0.4 is 4.74 Å². The molecule has 1 aliphatic heterocycles. The zero-order valence-corrected chi connectivity index (χ0v) is 20.5. The molecular weight excluding hydrogens is 472 g/mol. The van der Waals surface area contributed by atoms with Crippen LogP contribution in [0.3, 0.4) is 0 Å². The van der Waals surface area contributed by atoms with Crippen molar-refractivity contribution in [3.8, 4) is 17.6 Å². The molecule has 3 aromatic rings. The minimum Gasteiger partial charge on any atom is -0.497 e. The number of aromatic nitrogens is 1. The molecule has 1 atom stereocenters. The molecule has 2 aromatic heterocycles. The minimum absolute atomic E-state index is 0.292. The van der Waals surface area contributed by atoms with Gasteiger partial charge in [-0.2, -0.15) is 11.3 Å². The fourth-order valence-electron chi connectivity index (χ4n) is 4.49. The third kappa shape index (κ3) is 5.37. The number of aliphatic hydroxyl groups excluding tert-OH is 1. The molecule has 3 heterocycles. The molecule has 6 nitrogen and oxygen atoms in total. The van der Waals surface area contributed by atoms with E-state index in [9.17, 15) is 15.0 Å². The van der Waals surface area contributed by atoms with E-state index in [1.807, 2.05) is 22.9 Å². The molecule has 1 saturated heterocycles. The Kier molecular flexibility index (Phi) is 7.74. The number of ether oxygens (including phenoxy) is 1. The number of piperidine rings is 1. The van der Waals surface area contributed by atoms with Gasteiger partial charge in [-0.25, -0.2) is 0 Å². The van der Waals surface area contributed by atoms with Crippen molar-refractivity contribution in [2.75, 3.05) is 26.7 Å². The zero-order valence-electron chi connectivity index (χ0n) is 19.0. The Bertz CT molecular complexity index is 1210. The third-order valence-corrected chi connectivity index (χ3v) is 7.61. The van der Waals surface area contributed by atoms with Gasteiger partial charge in [-0.3, -0.25) is 14.7 Å². The molecule has 0 unspecified atom stereocenters. The quantitative estimate of drug-likeness (QED) is 0.446. The lowest BCUT2D eigenvalue weighted by Crippen LogP contribution is -2.44. The lowest BCUT2D eigenvalue weighted by Gasteiger charge is -2.38. The standard InChI is InChI=1S/C26H27ClN2O4S/c1-33-19-4-5-22-20(15-19)24(21(27)16-28-22)23(30)6-8-26(25(31)32)9-12-29(13-10-26)11-2-3-18-7-14-34-17-18/h4-5,7,14-17,23,30H,6,8-13H2,1H3,(H,31,32)/t23-/m0/s1. The predicted molar refractivity (Wildman–Crippen MR) is 134 cm³/mol. The van der Waals surface area contributed by atoms with Crippen molar-refractivity contribution < 1.29 is 19.7 Å². The van der Waals surface area contributed by atoms with Crippen molar-refractivity contribution in [3.05, 3.63) is 57.4 Å². The fourth-order valence-corrected chi connectivity index (χ4v) is 5.35. The maximum atomic E-state index is 12.3. The van der Waals surface area contributed by atoms with E-state index >= 15 is 0 Å². The summed E-state index contributed by atoms with van der Waals surface area (Å²) < 4.78 is 5.31. The first kappa shape index (κ1) is 24.5. The Morgan fingerprint density at radius 3 is 2.82 bits per heavy atom. The molecule has 2 N–H and O–H groups in total. The van der Waals surface area contributed by atoms with Gasteiger partial charge in [0.25, 0.3) is 0 Å². The number of rotatable bonds is 7. The summed E-state index contributed by atoms with van der Waals surface area (Å²) in [4.78, 5) is 18.8. The number of methoxy groups -OCH3 is 1. The first-order valence-electron chi connectivity index (χ1n) is 11.2. The molecule has 0 spiro atoms. The largest absolute Gasteiger partial charge is 0.497 e. The first-order valence-corrected chi connectivity index (χ1v) is 12.5. The second kappa shape index (κ2) is 10.7. The lowest BCUT2D eigenvalue weighted by atomic mass is 9.74. The number of aliphatic hydroxyl groups is 1. The van der Waals surface area contributed by atoms with Gasteiger partial charge in [0.1, 0.15) is 5.75 Å². The van der Waals surface area contributed by atoms with Crippen molar-refractivity contribution in [2.45, 2.75) is 31.8 Å². The minimum atomic E-state index is -0.907. The van der Waals surface area contributed by atoms with Gasteiger partial charge in [0, 0.05) is 41.2 Å². The van der Waals surface area contributed by atoms with E-state index in [-0.39, 0.29) is 0 Å². The highest BCUT2D eigenvalue weighted by Gasteiger charge is 2.41. The summed E-state index contributed by atoms with van der Waals surface area (Å²) >= 11 is 8.04. The van der Waals surface area contributed by atoms with E-state index in [1.54, 1.807) is 30.6 Å². The second-order valence-electron chi connectivity index (χ2n) is 8.63. The molecule has 1 aromatic carbocycles. The number of carboxylic acid groups (broad SMARTS) is 1. The van der Waals surface area contributed by atoms with E-state index in [2.05, 4.69) is 21.7 Å². The summed E-state index contributed by atoms with van der Waals surface area (Å²) in [5, 5.41) is 26.2. The Hall–Kier alpha value is -2.63. The number of carbonyl (C=O) groups is 1. The van der Waals surface area contributed by atoms with Crippen LogP contribution in [0.25, 0.3) is 10.9 Å². The summed E-state index contributed by atoms with van der Waals surface area (Å²) in [5.74, 6) is 6.16. The Morgan fingerprint density at radius 2 is 2.15 bits per heavy atom. The van der Waals surface area contributed by atoms with Gasteiger partial charge >= 0.3 is 5.97 Å². The Morgan fingerprint density at radius 1 is 1.35 bits per heavy atom. The topological polar surface area (TPSA) is 82.9 Å². The number of benzene rings is 1. The number of aliphatic carboxylic acids is 1. The van der Waals surface area contributed by atoms with E-state index in [0.29, 0.717) is 72.6 Å². The second-order valence-corrected chi connectivity index (χ2v) is 9.82. The monoisotopic (exact) mass is 498 g/mol. The van der Waals surface area contributed by atoms with Crippen LogP contribution in [0, 0.1) is 17.3 Å². The molecule has 4 rings (SSSR count). The van der Waals surface area contributed by atoms with Gasteiger partial charge < -0.3 is 14.9 Å². The Balaban J connectivity index is 1.43. The number of nitrogens with zero attached hydrogens (tertiary/aromatic N) is 2. The normalized spacial score (nSPS) is 16.6. The van der Waals surface area contributed by atoms with Crippen molar-refractivity contribution in [1.82, 2.24) is 9.88 Å². The summed E-state index contributed by atoms with van der Waals surface area (Å²) in [6.07, 6.45) is 2.32. The number of fused-ring (bicyclic) bond motifs is 1. The Labute approximate surface area is 208 Å². The molecule has 0 saturated carbocycles. The van der Waals surface area contributed by atoms with E-state index in [4.69, 9.17) is 16.3 Å². The molecule has 1 aliphatic rings. The van der Waals surface area contributed by atoms with Crippen LogP contribution in [0.15, 0.2) is 41.2 Å². The SMILES string of the molecule is COc1ccc2ncc(Cl)c([C@@H](O)CCC3(C(=O)O)CCN(CC#Cc4ccsc4)CC3)c2c1. The predicted octanol–water partition coefficient (Wildman–Crippen LogP) is 4.99. The van der Waals surface area contributed by atoms with Gasteiger partial charge in [0.05, 0.1) is 35.7 Å². The number of hydrogen-bond donors (Lipinski definition) is 2. The molecular formula is C26H27ClN2O4S. The number of pyridine rings is 1. The highest BCUT2D eigenvalue weighted by Crippen LogP contribution is 2.41. The maximum absolute atomic E-state index is 12.3. The van der Waals surface area contributed by atoms with Crippen molar-refractivity contribution in [1.29, 1.82) is 0 Å². The smallest absolute Gasteiger partial charge is 0.309 e. The van der Waals surface area contributed by atoms with Gasteiger partial charge in [-0.05, 0) is 55.3 Å². The fraction of sp³-hybridized carbons (Fsp3) is 0.385. The highest BCUT2D eigenvalue weighted by molar-refractivity contribution is 7.08. The van der Waals surface area contributed by atoms with Crippen molar-refractivity contribution in [3.63, 3.8) is 0 Å². The number of carboxylic acids is 1. The maximum Gasteiger partial charge on any atom is 0.309 e. The molecule has 34 heavy (non-hydrogen) atoms. The van der Waals surface area contributed by atoms with Crippen LogP contribution in [0.1, 0.15) is 42.9 Å². The molecule has 0 bridgehead atoms. The number of hydrogen-bond acceptors (Lipinski definition) is 6. The van der Waals surface area contributed by atoms with E-state index < -0.39 is 17.5 Å². The van der Waals surface area contributed by atoms with Gasteiger partial charge in [-0.1, -0.05) is 23.4 Å². The molecule has 0 aliphatic carbocycles. The average Bonchev–Trinajstić information content (AvgIpc) is 3.36. The zero-order chi connectivity index (χ0) is 24.1. The molecule has 0 amide bonds. The van der Waals surface area contributed by atoms with Crippen LogP contribution in [0.5, 0.6) is 5.75 Å². The molecule has 1 fully saturated rings. The highest BCUT2D eigenvalue weighted by atomic mass is 35.5. The number of halogens is 1. The summed E-state index contributed by atoms with van der Waals surface area (Å²) in [7, 11) is 1.58. The van der Waals surface area contributed by atoms with Crippen LogP contribution in [0.4, 0.5) is 0 Å². The molecule has 8 heteroatoms. The van der Waals surface area contributed by atoms with E-state index in [0.717, 1.165) is 5.56 Å². The van der Waals surface area contributed by atoms with E-state index in [1.165, 1.54) is 6.20 Å².